The molecule has 0 fully saturated rings. The maximum Gasteiger partial charge on any atom is 0.0942 e. The van der Waals surface area contributed by atoms with Crippen molar-refractivity contribution in [3.8, 4) is 0 Å². The van der Waals surface area contributed by atoms with E-state index in [-0.39, 0.29) is 2.83 Å². The fourth-order valence-electron chi connectivity index (χ4n) is 0. The van der Waals surface area contributed by atoms with Crippen molar-refractivity contribution in [2.24, 2.45) is 0 Å². The van der Waals surface area contributed by atoms with Crippen molar-refractivity contribution in [1.29, 1.82) is 0 Å². The van der Waals surface area contributed by atoms with Crippen molar-refractivity contribution < 1.29 is 5.11 Å². The molecule has 0 aliphatic heterocycles. The highest BCUT2D eigenvalue weighted by molar-refractivity contribution is 14.1. The van der Waals surface area contributed by atoms with Crippen LogP contribution in [0.2, 0.25) is 0 Å². The summed E-state index contributed by atoms with van der Waals surface area (Å²) in [7, 11) is 0. The Balaban J connectivity index is 3.54. The standard InChI is InChI=1S/C4H8BrIO/c1-4(2,7)3(5)6/h3,7H,1-2H3. The van der Waals surface area contributed by atoms with Crippen LogP contribution < -0.4 is 0 Å². The Morgan fingerprint density at radius 1 is 1.71 bits per heavy atom. The third-order valence-electron chi connectivity index (χ3n) is 0.534. The highest BCUT2D eigenvalue weighted by atomic mass is 127. The number of halogens is 2. The molecule has 3 heteroatoms. The molecule has 0 bridgehead atoms. The highest BCUT2D eigenvalue weighted by Crippen LogP contribution is 2.22. The smallest absolute Gasteiger partial charge is 0.0942 e. The lowest BCUT2D eigenvalue weighted by Crippen LogP contribution is -2.25. The summed E-state index contributed by atoms with van der Waals surface area (Å²) in [5.41, 5.74) is -0.597. The fourth-order valence-corrected chi connectivity index (χ4v) is 0. The fraction of sp³-hybridized carbons (Fsp3) is 1.00. The lowest BCUT2D eigenvalue weighted by molar-refractivity contribution is 0.104. The zero-order chi connectivity index (χ0) is 6.08. The third kappa shape index (κ3) is 3.73. The first kappa shape index (κ1) is 8.17. The van der Waals surface area contributed by atoms with Gasteiger partial charge >= 0.3 is 0 Å². The Hall–Kier alpha value is 1.17. The van der Waals surface area contributed by atoms with Crippen LogP contribution in [-0.4, -0.2) is 13.5 Å². The normalized spacial score (nSPS) is 16.7. The molecular weight excluding hydrogens is 271 g/mol. The molecule has 0 aromatic heterocycles. The van der Waals surface area contributed by atoms with E-state index in [2.05, 4.69) is 38.5 Å². The predicted octanol–water partition coefficient (Wildman–Crippen LogP) is 1.91. The summed E-state index contributed by atoms with van der Waals surface area (Å²) in [5.74, 6) is 0. The number of aliphatic hydroxyl groups is 1. The molecule has 0 spiro atoms. The number of hydrogen-bond acceptors (Lipinski definition) is 1. The molecule has 7 heavy (non-hydrogen) atoms. The second-order valence-corrected chi connectivity index (χ2v) is 5.83. The molecule has 0 aromatic carbocycles. The van der Waals surface area contributed by atoms with Crippen molar-refractivity contribution in [2.75, 3.05) is 0 Å². The third-order valence-corrected chi connectivity index (χ3v) is 3.18. The topological polar surface area (TPSA) is 20.2 Å². The molecule has 0 aliphatic rings. The summed E-state index contributed by atoms with van der Waals surface area (Å²) in [6.07, 6.45) is 0. The quantitative estimate of drug-likeness (QED) is 0.574. The zero-order valence-electron chi connectivity index (χ0n) is 4.28. The van der Waals surface area contributed by atoms with Crippen LogP contribution in [0, 0.1) is 0 Å². The van der Waals surface area contributed by atoms with Gasteiger partial charge in [0.1, 0.15) is 0 Å². The largest absolute Gasteiger partial charge is 0.388 e. The molecule has 1 unspecified atom stereocenters. The molecule has 1 atom stereocenters. The molecule has 0 heterocycles. The summed E-state index contributed by atoms with van der Waals surface area (Å²) in [4.78, 5) is 0. The van der Waals surface area contributed by atoms with Crippen LogP contribution in [0.3, 0.4) is 0 Å². The molecule has 0 aromatic rings. The maximum atomic E-state index is 9.04. The van der Waals surface area contributed by atoms with Crippen LogP contribution in [0.25, 0.3) is 0 Å². The Morgan fingerprint density at radius 3 is 1.86 bits per heavy atom. The molecule has 0 rings (SSSR count). The van der Waals surface area contributed by atoms with E-state index in [1.54, 1.807) is 13.8 Å². The van der Waals surface area contributed by atoms with Crippen molar-refractivity contribution in [3.63, 3.8) is 0 Å². The highest BCUT2D eigenvalue weighted by Gasteiger charge is 2.19. The molecule has 0 aliphatic carbocycles. The zero-order valence-corrected chi connectivity index (χ0v) is 8.02. The van der Waals surface area contributed by atoms with Crippen molar-refractivity contribution in [2.45, 2.75) is 22.3 Å². The van der Waals surface area contributed by atoms with Crippen LogP contribution in [0.4, 0.5) is 0 Å². The number of hydrogen-bond donors (Lipinski definition) is 1. The lowest BCUT2D eigenvalue weighted by Gasteiger charge is -2.17. The van der Waals surface area contributed by atoms with E-state index in [0.29, 0.717) is 0 Å². The lowest BCUT2D eigenvalue weighted by atomic mass is 10.2. The van der Waals surface area contributed by atoms with Crippen LogP contribution in [-0.2, 0) is 0 Å². The van der Waals surface area contributed by atoms with Gasteiger partial charge in [-0.1, -0.05) is 38.5 Å². The molecular formula is C4H8BrIO. The van der Waals surface area contributed by atoms with Gasteiger partial charge in [0.15, 0.2) is 0 Å². The van der Waals surface area contributed by atoms with Gasteiger partial charge in [-0.3, -0.25) is 0 Å². The van der Waals surface area contributed by atoms with Gasteiger partial charge in [-0.25, -0.2) is 0 Å². The minimum atomic E-state index is -0.597. The minimum absolute atomic E-state index is 0.137. The Labute approximate surface area is 65.8 Å². The van der Waals surface area contributed by atoms with Gasteiger partial charge in [0.2, 0.25) is 0 Å². The molecule has 1 nitrogen and oxygen atoms in total. The Morgan fingerprint density at radius 2 is 1.86 bits per heavy atom. The van der Waals surface area contributed by atoms with Gasteiger partial charge in [0.05, 0.1) is 8.43 Å². The van der Waals surface area contributed by atoms with Gasteiger partial charge in [0.25, 0.3) is 0 Å². The number of alkyl halides is 2. The first-order valence-electron chi connectivity index (χ1n) is 1.95. The molecule has 0 radical (unpaired) electrons. The van der Waals surface area contributed by atoms with Gasteiger partial charge in [0, 0.05) is 0 Å². The van der Waals surface area contributed by atoms with Crippen LogP contribution in [0.15, 0.2) is 0 Å². The summed E-state index contributed by atoms with van der Waals surface area (Å²) in [6.45, 7) is 3.53. The van der Waals surface area contributed by atoms with Crippen LogP contribution in [0.5, 0.6) is 0 Å². The molecule has 0 amide bonds. The monoisotopic (exact) mass is 278 g/mol. The van der Waals surface area contributed by atoms with Crippen molar-refractivity contribution in [3.05, 3.63) is 0 Å². The van der Waals surface area contributed by atoms with E-state index in [4.69, 9.17) is 5.11 Å². The van der Waals surface area contributed by atoms with Gasteiger partial charge in [-0.2, -0.15) is 0 Å². The minimum Gasteiger partial charge on any atom is -0.388 e. The van der Waals surface area contributed by atoms with Crippen LogP contribution >= 0.6 is 38.5 Å². The first-order valence-corrected chi connectivity index (χ1v) is 4.11. The second kappa shape index (κ2) is 2.64. The Bertz CT molecular complexity index is 57.2. The van der Waals surface area contributed by atoms with Gasteiger partial charge < -0.3 is 5.11 Å². The van der Waals surface area contributed by atoms with E-state index in [1.807, 2.05) is 0 Å². The number of rotatable bonds is 1. The van der Waals surface area contributed by atoms with Gasteiger partial charge in [-0.05, 0) is 13.8 Å². The first-order chi connectivity index (χ1) is 2.94. The van der Waals surface area contributed by atoms with Crippen molar-refractivity contribution in [1.82, 2.24) is 0 Å². The SMILES string of the molecule is CC(C)(O)C(Br)I. The van der Waals surface area contributed by atoms with E-state index in [0.717, 1.165) is 0 Å². The van der Waals surface area contributed by atoms with E-state index < -0.39 is 5.60 Å². The second-order valence-electron chi connectivity index (χ2n) is 1.95. The molecule has 0 saturated carbocycles. The molecule has 0 saturated heterocycles. The Kier molecular flexibility index (Phi) is 3.08. The van der Waals surface area contributed by atoms with E-state index >= 15 is 0 Å². The van der Waals surface area contributed by atoms with E-state index in [1.165, 1.54) is 0 Å². The maximum absolute atomic E-state index is 9.04. The van der Waals surface area contributed by atoms with E-state index in [9.17, 15) is 0 Å². The van der Waals surface area contributed by atoms with Crippen LogP contribution in [0.1, 0.15) is 13.8 Å². The average molecular weight is 279 g/mol. The summed E-state index contributed by atoms with van der Waals surface area (Å²) in [5, 5.41) is 9.04. The summed E-state index contributed by atoms with van der Waals surface area (Å²) < 4.78 is 0.137. The van der Waals surface area contributed by atoms with Gasteiger partial charge in [-0.15, -0.1) is 0 Å². The summed E-state index contributed by atoms with van der Waals surface area (Å²) >= 11 is 5.35. The predicted molar refractivity (Wildman–Crippen MR) is 43.0 cm³/mol. The molecule has 1 N–H and O–H groups in total. The summed E-state index contributed by atoms with van der Waals surface area (Å²) in [6, 6.07) is 0. The average Bonchev–Trinajstić information content (AvgIpc) is 1.31. The molecule has 44 valence electrons. The van der Waals surface area contributed by atoms with Crippen molar-refractivity contribution >= 4 is 38.5 Å².